The number of rotatable bonds is 1. The van der Waals surface area contributed by atoms with E-state index in [9.17, 15) is 0 Å². The number of hydrogen-bond donors (Lipinski definition) is 0. The lowest BCUT2D eigenvalue weighted by Gasteiger charge is -2.08. The zero-order valence-corrected chi connectivity index (χ0v) is 11.1. The lowest BCUT2D eigenvalue weighted by molar-refractivity contribution is 0.861. The Bertz CT molecular complexity index is 512. The summed E-state index contributed by atoms with van der Waals surface area (Å²) in [4.78, 5) is 4.54. The van der Waals surface area contributed by atoms with Gasteiger partial charge in [-0.05, 0) is 30.5 Å². The Kier molecular flexibility index (Phi) is 2.59. The molecule has 0 unspecified atom stereocenters. The molecule has 1 aromatic heterocycles. The topological polar surface area (TPSA) is 17.8 Å². The first-order valence-corrected chi connectivity index (χ1v) is 5.92. The van der Waals surface area contributed by atoms with Gasteiger partial charge >= 0.3 is 0 Å². The highest BCUT2D eigenvalue weighted by Gasteiger charge is 2.10. The molecule has 0 aliphatic heterocycles. The number of halogens is 1. The van der Waals surface area contributed by atoms with Crippen LogP contribution in [0.4, 0.5) is 0 Å². The Hall–Kier alpha value is -0.830. The zero-order chi connectivity index (χ0) is 11.2. The summed E-state index contributed by atoms with van der Waals surface area (Å²) < 4.78 is 3.29. The highest BCUT2D eigenvalue weighted by molar-refractivity contribution is 9.10. The van der Waals surface area contributed by atoms with E-state index >= 15 is 0 Å². The molecular formula is C12H15BrN2. The predicted octanol–water partition coefficient (Wildman–Crippen LogP) is 3.77. The summed E-state index contributed by atoms with van der Waals surface area (Å²) in [6.45, 7) is 6.42. The van der Waals surface area contributed by atoms with Crippen molar-refractivity contribution in [3.63, 3.8) is 0 Å². The molecule has 0 saturated carbocycles. The van der Waals surface area contributed by atoms with Crippen LogP contribution in [0.3, 0.4) is 0 Å². The molecule has 0 radical (unpaired) electrons. The minimum Gasteiger partial charge on any atom is -0.331 e. The number of hydrogen-bond acceptors (Lipinski definition) is 1. The molecule has 0 aliphatic carbocycles. The molecule has 2 aromatic rings. The summed E-state index contributed by atoms with van der Waals surface area (Å²) >= 11 is 3.62. The van der Waals surface area contributed by atoms with Crippen LogP contribution in [0.5, 0.6) is 0 Å². The van der Waals surface area contributed by atoms with E-state index in [1.807, 2.05) is 14.0 Å². The molecule has 2 nitrogen and oxygen atoms in total. The summed E-state index contributed by atoms with van der Waals surface area (Å²) in [7, 11) is 2.05. The van der Waals surface area contributed by atoms with Crippen LogP contribution in [0.25, 0.3) is 11.0 Å². The smallest absolute Gasteiger partial charge is 0.106 e. The molecule has 80 valence electrons. The van der Waals surface area contributed by atoms with Gasteiger partial charge in [-0.3, -0.25) is 0 Å². The molecule has 3 heteroatoms. The molecule has 0 spiro atoms. The Morgan fingerprint density at radius 1 is 1.33 bits per heavy atom. The SMILES string of the molecule is Cc1nc2cc(C(C)C)c(Br)cc2n1C. The van der Waals surface area contributed by atoms with E-state index in [0.29, 0.717) is 5.92 Å². The molecule has 1 aromatic carbocycles. The van der Waals surface area contributed by atoms with Crippen molar-refractivity contribution in [2.45, 2.75) is 26.7 Å². The third-order valence-electron chi connectivity index (χ3n) is 2.84. The molecule has 1 heterocycles. The third-order valence-corrected chi connectivity index (χ3v) is 3.53. The van der Waals surface area contributed by atoms with Crippen molar-refractivity contribution < 1.29 is 0 Å². The first kappa shape index (κ1) is 10.7. The van der Waals surface area contributed by atoms with Gasteiger partial charge in [0.1, 0.15) is 5.82 Å². The maximum Gasteiger partial charge on any atom is 0.106 e. The Morgan fingerprint density at radius 3 is 2.60 bits per heavy atom. The molecule has 0 N–H and O–H groups in total. The largest absolute Gasteiger partial charge is 0.331 e. The quantitative estimate of drug-likeness (QED) is 0.769. The Morgan fingerprint density at radius 2 is 2.00 bits per heavy atom. The number of imidazole rings is 1. The minimum absolute atomic E-state index is 0.520. The lowest BCUT2D eigenvalue weighted by atomic mass is 10.0. The van der Waals surface area contributed by atoms with Crippen LogP contribution in [0.1, 0.15) is 31.2 Å². The summed E-state index contributed by atoms with van der Waals surface area (Å²) in [6, 6.07) is 4.34. The summed E-state index contributed by atoms with van der Waals surface area (Å²) in [5, 5.41) is 0. The van der Waals surface area contributed by atoms with Crippen molar-refractivity contribution in [2.75, 3.05) is 0 Å². The van der Waals surface area contributed by atoms with Crippen molar-refractivity contribution in [3.8, 4) is 0 Å². The van der Waals surface area contributed by atoms with Gasteiger partial charge in [-0.1, -0.05) is 29.8 Å². The normalized spacial score (nSPS) is 11.6. The average molecular weight is 267 g/mol. The van der Waals surface area contributed by atoms with E-state index in [0.717, 1.165) is 11.3 Å². The van der Waals surface area contributed by atoms with E-state index in [1.165, 1.54) is 15.6 Å². The Balaban J connectivity index is 2.76. The number of nitrogens with zero attached hydrogens (tertiary/aromatic N) is 2. The molecule has 0 aliphatic rings. The second-order valence-electron chi connectivity index (χ2n) is 4.24. The fourth-order valence-electron chi connectivity index (χ4n) is 1.79. The van der Waals surface area contributed by atoms with Gasteiger partial charge in [0.05, 0.1) is 11.0 Å². The van der Waals surface area contributed by atoms with Crippen LogP contribution in [0.2, 0.25) is 0 Å². The maximum absolute atomic E-state index is 4.54. The maximum atomic E-state index is 4.54. The first-order valence-electron chi connectivity index (χ1n) is 5.13. The van der Waals surface area contributed by atoms with Gasteiger partial charge in [0.2, 0.25) is 0 Å². The number of aromatic nitrogens is 2. The minimum atomic E-state index is 0.520. The predicted molar refractivity (Wildman–Crippen MR) is 67.2 cm³/mol. The third kappa shape index (κ3) is 1.69. The zero-order valence-electron chi connectivity index (χ0n) is 9.50. The standard InChI is InChI=1S/C12H15BrN2/c1-7(2)9-5-11-12(6-10(9)13)15(4)8(3)14-11/h5-7H,1-4H3. The highest BCUT2D eigenvalue weighted by atomic mass is 79.9. The van der Waals surface area contributed by atoms with Crippen molar-refractivity contribution in [3.05, 3.63) is 28.0 Å². The van der Waals surface area contributed by atoms with Crippen molar-refractivity contribution >= 4 is 27.0 Å². The van der Waals surface area contributed by atoms with Crippen molar-refractivity contribution in [2.24, 2.45) is 7.05 Å². The van der Waals surface area contributed by atoms with E-state index in [-0.39, 0.29) is 0 Å². The van der Waals surface area contributed by atoms with E-state index in [1.54, 1.807) is 0 Å². The number of aryl methyl sites for hydroxylation is 2. The molecule has 2 rings (SSSR count). The fraction of sp³-hybridized carbons (Fsp3) is 0.417. The lowest BCUT2D eigenvalue weighted by Crippen LogP contribution is -1.92. The van der Waals surface area contributed by atoms with Crippen LogP contribution < -0.4 is 0 Å². The molecule has 0 amide bonds. The van der Waals surface area contributed by atoms with Gasteiger partial charge in [0.15, 0.2) is 0 Å². The second kappa shape index (κ2) is 3.63. The van der Waals surface area contributed by atoms with E-state index in [2.05, 4.69) is 51.5 Å². The molecule has 0 bridgehead atoms. The highest BCUT2D eigenvalue weighted by Crippen LogP contribution is 2.29. The second-order valence-corrected chi connectivity index (χ2v) is 5.09. The van der Waals surface area contributed by atoms with Gasteiger partial charge in [0.25, 0.3) is 0 Å². The average Bonchev–Trinajstić information content (AvgIpc) is 2.43. The van der Waals surface area contributed by atoms with Gasteiger partial charge in [-0.15, -0.1) is 0 Å². The number of fused-ring (bicyclic) bond motifs is 1. The van der Waals surface area contributed by atoms with Crippen molar-refractivity contribution in [1.82, 2.24) is 9.55 Å². The van der Waals surface area contributed by atoms with Gasteiger partial charge in [-0.25, -0.2) is 4.98 Å². The molecule has 0 atom stereocenters. The monoisotopic (exact) mass is 266 g/mol. The molecule has 15 heavy (non-hydrogen) atoms. The van der Waals surface area contributed by atoms with Gasteiger partial charge < -0.3 is 4.57 Å². The Labute approximate surface area is 98.4 Å². The first-order chi connectivity index (χ1) is 7.00. The van der Waals surface area contributed by atoms with E-state index < -0.39 is 0 Å². The number of benzene rings is 1. The fourth-order valence-corrected chi connectivity index (χ4v) is 2.58. The van der Waals surface area contributed by atoms with Gasteiger partial charge in [-0.2, -0.15) is 0 Å². The van der Waals surface area contributed by atoms with Crippen LogP contribution in [-0.2, 0) is 7.05 Å². The molecule has 0 saturated heterocycles. The summed E-state index contributed by atoms with van der Waals surface area (Å²) in [5.41, 5.74) is 3.59. The summed E-state index contributed by atoms with van der Waals surface area (Å²) in [6.07, 6.45) is 0. The molecular weight excluding hydrogens is 252 g/mol. The van der Waals surface area contributed by atoms with Crippen LogP contribution in [-0.4, -0.2) is 9.55 Å². The van der Waals surface area contributed by atoms with Crippen LogP contribution in [0.15, 0.2) is 16.6 Å². The van der Waals surface area contributed by atoms with E-state index in [4.69, 9.17) is 0 Å². The van der Waals surface area contributed by atoms with Crippen LogP contribution >= 0.6 is 15.9 Å². The molecule has 0 fully saturated rings. The summed E-state index contributed by atoms with van der Waals surface area (Å²) in [5.74, 6) is 1.57. The van der Waals surface area contributed by atoms with Gasteiger partial charge in [0, 0.05) is 11.5 Å². The van der Waals surface area contributed by atoms with Crippen molar-refractivity contribution in [1.29, 1.82) is 0 Å². The van der Waals surface area contributed by atoms with Crippen LogP contribution in [0, 0.1) is 6.92 Å².